The first-order valence-electron chi connectivity index (χ1n) is 7.98. The summed E-state index contributed by atoms with van der Waals surface area (Å²) in [5.74, 6) is 0.968. The van der Waals surface area contributed by atoms with Gasteiger partial charge in [0.1, 0.15) is 5.76 Å². The Balaban J connectivity index is 1.45. The van der Waals surface area contributed by atoms with E-state index >= 15 is 0 Å². The normalized spacial score (nSPS) is 18.9. The summed E-state index contributed by atoms with van der Waals surface area (Å²) >= 11 is 0. The fraction of sp³-hybridized carbons (Fsp3) is 0.500. The number of amides is 1. The van der Waals surface area contributed by atoms with Crippen LogP contribution in [0.5, 0.6) is 0 Å². The highest BCUT2D eigenvalue weighted by Gasteiger charge is 2.25. The lowest BCUT2D eigenvalue weighted by molar-refractivity contribution is 0.0298. The van der Waals surface area contributed by atoms with Crippen LogP contribution in [0.15, 0.2) is 28.9 Å². The van der Waals surface area contributed by atoms with Crippen LogP contribution >= 0.6 is 0 Å². The van der Waals surface area contributed by atoms with Crippen molar-refractivity contribution < 1.29 is 13.9 Å². The Morgan fingerprint density at radius 3 is 2.87 bits per heavy atom. The van der Waals surface area contributed by atoms with E-state index in [0.717, 1.165) is 37.6 Å². The van der Waals surface area contributed by atoms with E-state index in [4.69, 9.17) is 9.15 Å². The summed E-state index contributed by atoms with van der Waals surface area (Å²) in [5.41, 5.74) is 1.63. The molecule has 122 valence electrons. The molecule has 0 unspecified atom stereocenters. The van der Waals surface area contributed by atoms with Crippen LogP contribution in [-0.4, -0.2) is 58.3 Å². The number of ether oxygens (including phenoxy) is 1. The average molecular weight is 316 g/mol. The number of aromatic nitrogens is 2. The van der Waals surface area contributed by atoms with E-state index < -0.39 is 0 Å². The molecule has 0 aliphatic carbocycles. The molecule has 4 rings (SSSR count). The van der Waals surface area contributed by atoms with Crippen LogP contribution < -0.4 is 0 Å². The van der Waals surface area contributed by atoms with Crippen LogP contribution in [0.3, 0.4) is 0 Å². The van der Waals surface area contributed by atoms with E-state index in [1.807, 2.05) is 27.8 Å². The fourth-order valence-corrected chi connectivity index (χ4v) is 3.11. The largest absolute Gasteiger partial charge is 0.468 e. The first-order chi connectivity index (χ1) is 11.3. The summed E-state index contributed by atoms with van der Waals surface area (Å²) in [6.45, 7) is 5.77. The average Bonchev–Trinajstić information content (AvgIpc) is 3.24. The Kier molecular flexibility index (Phi) is 3.88. The van der Waals surface area contributed by atoms with Crippen molar-refractivity contribution in [2.24, 2.45) is 0 Å². The molecule has 0 aromatic carbocycles. The lowest BCUT2D eigenvalue weighted by atomic mass is 10.2. The number of nitrogens with zero attached hydrogens (tertiary/aromatic N) is 4. The van der Waals surface area contributed by atoms with Gasteiger partial charge in [0, 0.05) is 26.2 Å². The summed E-state index contributed by atoms with van der Waals surface area (Å²) in [7, 11) is 0. The van der Waals surface area contributed by atoms with Crippen LogP contribution in [0.2, 0.25) is 0 Å². The third kappa shape index (κ3) is 3.02. The van der Waals surface area contributed by atoms with Gasteiger partial charge in [0.2, 0.25) is 0 Å². The number of morpholine rings is 1. The number of rotatable bonds is 3. The SMILES string of the molecule is O=C(c1cc2n(n1)CCN(Cc1ccco1)C2)N1CCOCC1. The van der Waals surface area contributed by atoms with Gasteiger partial charge >= 0.3 is 0 Å². The second-order valence-corrected chi connectivity index (χ2v) is 5.94. The Hall–Kier alpha value is -2.12. The molecule has 0 atom stereocenters. The summed E-state index contributed by atoms with van der Waals surface area (Å²) in [6, 6.07) is 5.81. The third-order valence-corrected chi connectivity index (χ3v) is 4.35. The molecule has 1 saturated heterocycles. The van der Waals surface area contributed by atoms with Gasteiger partial charge < -0.3 is 14.1 Å². The predicted octanol–water partition coefficient (Wildman–Crippen LogP) is 0.964. The Labute approximate surface area is 134 Å². The minimum absolute atomic E-state index is 0.00721. The van der Waals surface area contributed by atoms with Crippen molar-refractivity contribution in [1.29, 1.82) is 0 Å². The molecule has 4 heterocycles. The summed E-state index contributed by atoms with van der Waals surface area (Å²) in [5, 5.41) is 4.49. The van der Waals surface area contributed by atoms with Crippen LogP contribution in [-0.2, 0) is 24.4 Å². The van der Waals surface area contributed by atoms with Crippen LogP contribution in [0, 0.1) is 0 Å². The summed E-state index contributed by atoms with van der Waals surface area (Å²) < 4.78 is 12.7. The molecule has 0 saturated carbocycles. The molecule has 0 spiro atoms. The van der Waals surface area contributed by atoms with Crippen LogP contribution in [0.1, 0.15) is 21.9 Å². The van der Waals surface area contributed by atoms with Crippen molar-refractivity contribution >= 4 is 5.91 Å². The lowest BCUT2D eigenvalue weighted by Gasteiger charge is -2.26. The lowest BCUT2D eigenvalue weighted by Crippen LogP contribution is -2.40. The number of furan rings is 1. The van der Waals surface area contributed by atoms with Gasteiger partial charge in [-0.05, 0) is 18.2 Å². The standard InChI is InChI=1S/C16H20N4O3/c21-16(19-5-8-22-9-6-19)15-10-13-11-18(3-4-20(13)17-15)12-14-2-1-7-23-14/h1-2,7,10H,3-6,8-9,11-12H2. The third-order valence-electron chi connectivity index (χ3n) is 4.35. The Morgan fingerprint density at radius 2 is 2.09 bits per heavy atom. The number of fused-ring (bicyclic) bond motifs is 1. The smallest absolute Gasteiger partial charge is 0.274 e. The maximum Gasteiger partial charge on any atom is 0.274 e. The van der Waals surface area contributed by atoms with Gasteiger partial charge in [-0.1, -0.05) is 0 Å². The number of hydrogen-bond donors (Lipinski definition) is 0. The molecule has 1 amide bonds. The molecule has 0 radical (unpaired) electrons. The van der Waals surface area contributed by atoms with Gasteiger partial charge in [-0.25, -0.2) is 0 Å². The Morgan fingerprint density at radius 1 is 1.22 bits per heavy atom. The first kappa shape index (κ1) is 14.5. The first-order valence-corrected chi connectivity index (χ1v) is 7.98. The Bertz CT molecular complexity index is 674. The predicted molar refractivity (Wildman–Crippen MR) is 81.8 cm³/mol. The van der Waals surface area contributed by atoms with Crippen molar-refractivity contribution in [3.05, 3.63) is 41.6 Å². The van der Waals surface area contributed by atoms with Crippen molar-refractivity contribution in [3.8, 4) is 0 Å². The topological polar surface area (TPSA) is 63.7 Å². The van der Waals surface area contributed by atoms with Gasteiger partial charge in [0.25, 0.3) is 5.91 Å². The molecule has 2 aromatic heterocycles. The van der Waals surface area contributed by atoms with E-state index in [9.17, 15) is 4.79 Å². The zero-order chi connectivity index (χ0) is 15.6. The van der Waals surface area contributed by atoms with Crippen molar-refractivity contribution in [2.75, 3.05) is 32.8 Å². The second kappa shape index (κ2) is 6.17. The highest BCUT2D eigenvalue weighted by molar-refractivity contribution is 5.92. The molecule has 0 N–H and O–H groups in total. The van der Waals surface area contributed by atoms with Crippen LogP contribution in [0.4, 0.5) is 0 Å². The van der Waals surface area contributed by atoms with E-state index in [2.05, 4.69) is 10.00 Å². The van der Waals surface area contributed by atoms with Gasteiger partial charge in [-0.3, -0.25) is 14.4 Å². The van der Waals surface area contributed by atoms with Crippen molar-refractivity contribution in [3.63, 3.8) is 0 Å². The van der Waals surface area contributed by atoms with Gasteiger partial charge in [-0.2, -0.15) is 5.10 Å². The van der Waals surface area contributed by atoms with Gasteiger partial charge in [0.15, 0.2) is 5.69 Å². The second-order valence-electron chi connectivity index (χ2n) is 5.94. The molecule has 2 aromatic rings. The quantitative estimate of drug-likeness (QED) is 0.844. The highest BCUT2D eigenvalue weighted by Crippen LogP contribution is 2.17. The fourth-order valence-electron chi connectivity index (χ4n) is 3.11. The van der Waals surface area contributed by atoms with E-state index in [1.54, 1.807) is 6.26 Å². The van der Waals surface area contributed by atoms with Gasteiger partial charge in [-0.15, -0.1) is 0 Å². The number of hydrogen-bond acceptors (Lipinski definition) is 5. The van der Waals surface area contributed by atoms with Crippen LogP contribution in [0.25, 0.3) is 0 Å². The number of carbonyl (C=O) groups is 1. The number of carbonyl (C=O) groups excluding carboxylic acids is 1. The minimum Gasteiger partial charge on any atom is -0.468 e. The van der Waals surface area contributed by atoms with Crippen molar-refractivity contribution in [1.82, 2.24) is 19.6 Å². The minimum atomic E-state index is 0.00721. The molecule has 2 aliphatic heterocycles. The van der Waals surface area contributed by atoms with Crippen molar-refractivity contribution in [2.45, 2.75) is 19.6 Å². The maximum atomic E-state index is 12.5. The molecular weight excluding hydrogens is 296 g/mol. The molecule has 23 heavy (non-hydrogen) atoms. The molecule has 7 heteroatoms. The van der Waals surface area contributed by atoms with Gasteiger partial charge in [0.05, 0.1) is 38.3 Å². The molecule has 1 fully saturated rings. The maximum absolute atomic E-state index is 12.5. The summed E-state index contributed by atoms with van der Waals surface area (Å²) in [4.78, 5) is 16.6. The van der Waals surface area contributed by atoms with E-state index in [0.29, 0.717) is 32.0 Å². The summed E-state index contributed by atoms with van der Waals surface area (Å²) in [6.07, 6.45) is 1.70. The zero-order valence-corrected chi connectivity index (χ0v) is 13.0. The monoisotopic (exact) mass is 316 g/mol. The molecule has 0 bridgehead atoms. The highest BCUT2D eigenvalue weighted by atomic mass is 16.5. The zero-order valence-electron chi connectivity index (χ0n) is 13.0. The molecular formula is C16H20N4O3. The van der Waals surface area contributed by atoms with E-state index in [1.165, 1.54) is 0 Å². The van der Waals surface area contributed by atoms with E-state index in [-0.39, 0.29) is 5.91 Å². The molecule has 2 aliphatic rings. The molecule has 7 nitrogen and oxygen atoms in total.